The molecule has 4 nitrogen and oxygen atoms in total. The number of aromatic nitrogens is 1. The van der Waals surface area contributed by atoms with Gasteiger partial charge >= 0.3 is 0 Å². The zero-order valence-corrected chi connectivity index (χ0v) is 14.3. The number of amides is 1. The summed E-state index contributed by atoms with van der Waals surface area (Å²) in [5.41, 5.74) is 1.39. The molecular weight excluding hydrogens is 294 g/mol. The van der Waals surface area contributed by atoms with Crippen LogP contribution in [0.5, 0.6) is 0 Å². The number of carbonyl (C=O) groups is 1. The Labute approximate surface area is 137 Å². The highest BCUT2D eigenvalue weighted by Crippen LogP contribution is 2.24. The van der Waals surface area contributed by atoms with E-state index in [9.17, 15) is 4.79 Å². The molecule has 0 bridgehead atoms. The van der Waals surface area contributed by atoms with E-state index in [1.54, 1.807) is 11.1 Å². The third kappa shape index (κ3) is 3.99. The number of benzene rings is 1. The van der Waals surface area contributed by atoms with Crippen LogP contribution in [0.1, 0.15) is 23.2 Å². The Kier molecular flexibility index (Phi) is 5.80. The van der Waals surface area contributed by atoms with Crippen LogP contribution in [0, 0.1) is 0 Å². The summed E-state index contributed by atoms with van der Waals surface area (Å²) in [6.07, 6.45) is 3.80. The monoisotopic (exact) mass is 317 g/mol. The molecule has 1 heterocycles. The van der Waals surface area contributed by atoms with E-state index in [-0.39, 0.29) is 5.91 Å². The average Bonchev–Trinajstić information content (AvgIpc) is 2.51. The molecule has 0 fully saturated rings. The molecule has 0 aliphatic carbocycles. The number of nitrogens with zero attached hydrogens (tertiary/aromatic N) is 3. The van der Waals surface area contributed by atoms with Crippen molar-refractivity contribution in [2.24, 2.45) is 0 Å². The van der Waals surface area contributed by atoms with Gasteiger partial charge in [-0.3, -0.25) is 9.78 Å². The smallest absolute Gasteiger partial charge is 0.254 e. The SMILES string of the molecule is CN(C)CCCCN(C)C(=O)c1ccc2cccnc2c1S. The quantitative estimate of drug-likeness (QED) is 0.657. The molecule has 5 heteroatoms. The van der Waals surface area contributed by atoms with Crippen LogP contribution in [0.4, 0.5) is 0 Å². The Bertz CT molecular complexity index is 657. The van der Waals surface area contributed by atoms with Crippen molar-refractivity contribution >= 4 is 29.4 Å². The van der Waals surface area contributed by atoms with E-state index in [1.165, 1.54) is 0 Å². The molecule has 1 amide bonds. The van der Waals surface area contributed by atoms with Gasteiger partial charge in [-0.15, -0.1) is 12.6 Å². The molecule has 0 aliphatic rings. The van der Waals surface area contributed by atoms with E-state index < -0.39 is 0 Å². The van der Waals surface area contributed by atoms with E-state index in [1.807, 2.05) is 31.3 Å². The van der Waals surface area contributed by atoms with Crippen LogP contribution >= 0.6 is 12.6 Å². The molecular formula is C17H23N3OS. The van der Waals surface area contributed by atoms with Crippen molar-refractivity contribution in [2.45, 2.75) is 17.7 Å². The van der Waals surface area contributed by atoms with Crippen molar-refractivity contribution in [3.8, 4) is 0 Å². The highest BCUT2D eigenvalue weighted by Gasteiger charge is 2.16. The molecule has 0 atom stereocenters. The summed E-state index contributed by atoms with van der Waals surface area (Å²) in [6, 6.07) is 7.62. The maximum atomic E-state index is 12.6. The van der Waals surface area contributed by atoms with Crippen molar-refractivity contribution in [3.05, 3.63) is 36.0 Å². The van der Waals surface area contributed by atoms with Crippen LogP contribution in [0.3, 0.4) is 0 Å². The predicted octanol–water partition coefficient (Wildman–Crippen LogP) is 2.94. The molecule has 0 radical (unpaired) electrons. The molecule has 0 spiro atoms. The number of unbranched alkanes of at least 4 members (excludes halogenated alkanes) is 1. The number of hydrogen-bond donors (Lipinski definition) is 1. The molecule has 22 heavy (non-hydrogen) atoms. The fourth-order valence-electron chi connectivity index (χ4n) is 2.39. The Morgan fingerprint density at radius 2 is 1.86 bits per heavy atom. The van der Waals surface area contributed by atoms with Crippen molar-refractivity contribution in [2.75, 3.05) is 34.2 Å². The lowest BCUT2D eigenvalue weighted by Crippen LogP contribution is -2.28. The highest BCUT2D eigenvalue weighted by atomic mass is 32.1. The zero-order chi connectivity index (χ0) is 16.1. The second kappa shape index (κ2) is 7.61. The predicted molar refractivity (Wildman–Crippen MR) is 93.7 cm³/mol. The minimum absolute atomic E-state index is 0.00223. The second-order valence-corrected chi connectivity index (χ2v) is 6.22. The first-order valence-electron chi connectivity index (χ1n) is 7.47. The summed E-state index contributed by atoms with van der Waals surface area (Å²) in [4.78, 5) is 21.5. The van der Waals surface area contributed by atoms with E-state index in [4.69, 9.17) is 0 Å². The summed E-state index contributed by atoms with van der Waals surface area (Å²) in [5, 5.41) is 0.998. The number of thiol groups is 1. The molecule has 0 N–H and O–H groups in total. The van der Waals surface area contributed by atoms with Crippen molar-refractivity contribution < 1.29 is 4.79 Å². The molecule has 1 aromatic carbocycles. The fraction of sp³-hybridized carbons (Fsp3) is 0.412. The van der Waals surface area contributed by atoms with E-state index >= 15 is 0 Å². The fourth-order valence-corrected chi connectivity index (χ4v) is 2.74. The van der Waals surface area contributed by atoms with Gasteiger partial charge in [-0.05, 0) is 45.6 Å². The third-order valence-electron chi connectivity index (χ3n) is 3.67. The first-order chi connectivity index (χ1) is 10.5. The van der Waals surface area contributed by atoms with Gasteiger partial charge < -0.3 is 9.80 Å². The lowest BCUT2D eigenvalue weighted by molar-refractivity contribution is 0.0789. The largest absolute Gasteiger partial charge is 0.342 e. The molecule has 118 valence electrons. The van der Waals surface area contributed by atoms with Crippen LogP contribution in [0.2, 0.25) is 0 Å². The molecule has 2 aromatic rings. The van der Waals surface area contributed by atoms with Gasteiger partial charge in [0.1, 0.15) is 0 Å². The second-order valence-electron chi connectivity index (χ2n) is 5.77. The van der Waals surface area contributed by atoms with E-state index in [2.05, 4.69) is 36.6 Å². The van der Waals surface area contributed by atoms with Crippen LogP contribution in [-0.4, -0.2) is 54.9 Å². The normalized spacial score (nSPS) is 11.1. The van der Waals surface area contributed by atoms with E-state index in [0.29, 0.717) is 10.5 Å². The Morgan fingerprint density at radius 3 is 2.59 bits per heavy atom. The van der Waals surface area contributed by atoms with Gasteiger partial charge in [0.2, 0.25) is 0 Å². The van der Waals surface area contributed by atoms with Gasteiger partial charge in [0, 0.05) is 30.1 Å². The minimum atomic E-state index is 0.00223. The number of rotatable bonds is 6. The lowest BCUT2D eigenvalue weighted by atomic mass is 10.1. The summed E-state index contributed by atoms with van der Waals surface area (Å²) in [7, 11) is 5.96. The van der Waals surface area contributed by atoms with Crippen LogP contribution in [0.15, 0.2) is 35.4 Å². The maximum absolute atomic E-state index is 12.6. The minimum Gasteiger partial charge on any atom is -0.342 e. The highest BCUT2D eigenvalue weighted by molar-refractivity contribution is 7.80. The average molecular weight is 317 g/mol. The first kappa shape index (κ1) is 16.8. The van der Waals surface area contributed by atoms with Crippen LogP contribution < -0.4 is 0 Å². The molecule has 2 rings (SSSR count). The summed E-state index contributed by atoms with van der Waals surface area (Å²) in [6.45, 7) is 1.79. The standard InChI is InChI=1S/C17H23N3OS/c1-19(2)11-4-5-12-20(3)17(21)14-9-8-13-7-6-10-18-15(13)16(14)22/h6-10,22H,4-5,11-12H2,1-3H3. The number of pyridine rings is 1. The van der Waals surface area contributed by atoms with Gasteiger partial charge in [0.25, 0.3) is 5.91 Å². The van der Waals surface area contributed by atoms with Gasteiger partial charge in [-0.1, -0.05) is 12.1 Å². The van der Waals surface area contributed by atoms with Gasteiger partial charge in [0.05, 0.1) is 11.1 Å². The first-order valence-corrected chi connectivity index (χ1v) is 7.92. The molecule has 1 aromatic heterocycles. The van der Waals surface area contributed by atoms with Crippen molar-refractivity contribution in [1.82, 2.24) is 14.8 Å². The van der Waals surface area contributed by atoms with Gasteiger partial charge in [-0.2, -0.15) is 0 Å². The summed E-state index contributed by atoms with van der Waals surface area (Å²) >= 11 is 4.52. The Hall–Kier alpha value is -1.59. The van der Waals surface area contributed by atoms with Gasteiger partial charge in [-0.25, -0.2) is 0 Å². The van der Waals surface area contributed by atoms with Gasteiger partial charge in [0.15, 0.2) is 0 Å². The number of hydrogen-bond acceptors (Lipinski definition) is 4. The van der Waals surface area contributed by atoms with Crippen molar-refractivity contribution in [1.29, 1.82) is 0 Å². The van der Waals surface area contributed by atoms with E-state index in [0.717, 1.165) is 36.8 Å². The maximum Gasteiger partial charge on any atom is 0.254 e. The molecule has 0 unspecified atom stereocenters. The third-order valence-corrected chi connectivity index (χ3v) is 4.13. The summed E-state index contributed by atoms with van der Waals surface area (Å²) < 4.78 is 0. The Morgan fingerprint density at radius 1 is 1.14 bits per heavy atom. The number of carbonyl (C=O) groups excluding carboxylic acids is 1. The zero-order valence-electron chi connectivity index (χ0n) is 13.4. The lowest BCUT2D eigenvalue weighted by Gasteiger charge is -2.19. The van der Waals surface area contributed by atoms with Crippen molar-refractivity contribution in [3.63, 3.8) is 0 Å². The summed E-state index contributed by atoms with van der Waals surface area (Å²) in [5.74, 6) is 0.00223. The topological polar surface area (TPSA) is 36.4 Å². The van der Waals surface area contributed by atoms with Crippen LogP contribution in [-0.2, 0) is 0 Å². The molecule has 0 saturated heterocycles. The molecule has 0 saturated carbocycles. The molecule has 0 aliphatic heterocycles. The van der Waals surface area contributed by atoms with Crippen LogP contribution in [0.25, 0.3) is 10.9 Å². The Balaban J connectivity index is 2.07. The number of fused-ring (bicyclic) bond motifs is 1.